The molecule has 0 aromatic heterocycles. The van der Waals surface area contributed by atoms with Crippen molar-refractivity contribution in [2.75, 3.05) is 33.0 Å². The molecule has 2 atom stereocenters. The molecule has 12 heteroatoms. The third-order valence-electron chi connectivity index (χ3n) is 1.96. The van der Waals surface area contributed by atoms with Gasteiger partial charge in [-0.25, -0.2) is 9.13 Å². The van der Waals surface area contributed by atoms with Gasteiger partial charge in [-0.3, -0.25) is 18.5 Å². The Morgan fingerprint density at radius 3 is 1.87 bits per heavy atom. The van der Waals surface area contributed by atoms with Crippen LogP contribution in [-0.4, -0.2) is 146 Å². The summed E-state index contributed by atoms with van der Waals surface area (Å²) in [5.74, 6) is 0. The van der Waals surface area contributed by atoms with Crippen molar-refractivity contribution < 1.29 is 31.9 Å². The fraction of sp³-hybridized carbons (Fsp3) is 0.636. The molecule has 0 aliphatic carbocycles. The summed E-state index contributed by atoms with van der Waals surface area (Å²) in [6.07, 6.45) is 3.24. The van der Waals surface area contributed by atoms with Gasteiger partial charge in [0.2, 0.25) is 0 Å². The summed E-state index contributed by atoms with van der Waals surface area (Å²) in [6.45, 7) is 10.8. The first-order valence-corrected chi connectivity index (χ1v) is 9.30. The van der Waals surface area contributed by atoms with Gasteiger partial charge < -0.3 is 4.89 Å². The Morgan fingerprint density at radius 1 is 1.00 bits per heavy atom. The minimum absolute atomic E-state index is 0. The first kappa shape index (κ1) is 30.7. The Labute approximate surface area is 223 Å². The standard InChI is InChI=1S/C11H23NO7P2.2K.2H/c1-5-9-12(10-6-2)11-18-21(15,17-8-4)19-20(13,14)16-7-3;;;;/h5-6H,1-2,7-11H2,3-4H3,(H,13,14);;;;. The van der Waals surface area contributed by atoms with Gasteiger partial charge in [0.15, 0.2) is 0 Å². The molecule has 0 saturated carbocycles. The normalized spacial score (nSPS) is 15.7. The molecule has 0 fully saturated rings. The Hall–Kier alpha value is 2.97. The van der Waals surface area contributed by atoms with E-state index in [0.29, 0.717) is 13.1 Å². The molecule has 0 heterocycles. The molecule has 0 saturated heterocycles. The van der Waals surface area contributed by atoms with Gasteiger partial charge in [0.25, 0.3) is 0 Å². The zero-order valence-electron chi connectivity index (χ0n) is 12.3. The second kappa shape index (κ2) is 17.1. The molecule has 0 amide bonds. The minimum atomic E-state index is -4.51. The summed E-state index contributed by atoms with van der Waals surface area (Å²) in [5.41, 5.74) is 0. The van der Waals surface area contributed by atoms with E-state index in [0.717, 1.165) is 0 Å². The maximum absolute atomic E-state index is 12.3. The van der Waals surface area contributed by atoms with Crippen molar-refractivity contribution in [2.24, 2.45) is 0 Å². The number of hydrogen-bond donors (Lipinski definition) is 1. The van der Waals surface area contributed by atoms with Crippen LogP contribution in [0, 0.1) is 0 Å². The summed E-state index contributed by atoms with van der Waals surface area (Å²) in [7, 11) is -8.73. The molecule has 0 rings (SSSR count). The third-order valence-corrected chi connectivity index (χ3v) is 5.17. The van der Waals surface area contributed by atoms with Crippen LogP contribution in [0.2, 0.25) is 0 Å². The van der Waals surface area contributed by atoms with Gasteiger partial charge in [-0.15, -0.1) is 13.2 Å². The van der Waals surface area contributed by atoms with Crippen LogP contribution < -0.4 is 0 Å². The number of phosphoric ester groups is 2. The van der Waals surface area contributed by atoms with E-state index in [1.165, 1.54) is 6.92 Å². The Bertz CT molecular complexity index is 415. The SMILES string of the molecule is C=CCN(CC=C)COP(=O)(OCC)OP(=O)(O)OCC.[KH].[KH]. The molecule has 1 N–H and O–H groups in total. The Kier molecular flexibility index (Phi) is 22.8. The molecule has 0 spiro atoms. The summed E-state index contributed by atoms with van der Waals surface area (Å²) >= 11 is 0. The average molecular weight is 423 g/mol. The molecule has 0 aromatic carbocycles. The molecule has 2 unspecified atom stereocenters. The van der Waals surface area contributed by atoms with E-state index in [1.807, 2.05) is 0 Å². The van der Waals surface area contributed by atoms with Crippen molar-refractivity contribution in [3.63, 3.8) is 0 Å². The summed E-state index contributed by atoms with van der Waals surface area (Å²) in [6, 6.07) is 0. The van der Waals surface area contributed by atoms with Crippen LogP contribution in [0.1, 0.15) is 13.8 Å². The van der Waals surface area contributed by atoms with Gasteiger partial charge in [0.05, 0.1) is 13.2 Å². The van der Waals surface area contributed by atoms with E-state index in [9.17, 15) is 14.0 Å². The summed E-state index contributed by atoms with van der Waals surface area (Å²) < 4.78 is 42.7. The van der Waals surface area contributed by atoms with E-state index in [-0.39, 0.29) is 123 Å². The van der Waals surface area contributed by atoms with Crippen LogP contribution in [0.25, 0.3) is 0 Å². The quantitative estimate of drug-likeness (QED) is 0.207. The first-order valence-electron chi connectivity index (χ1n) is 6.34. The predicted molar refractivity (Wildman–Crippen MR) is 94.0 cm³/mol. The van der Waals surface area contributed by atoms with Crippen molar-refractivity contribution in [1.82, 2.24) is 4.90 Å². The van der Waals surface area contributed by atoms with Crippen molar-refractivity contribution in [1.29, 1.82) is 0 Å². The van der Waals surface area contributed by atoms with Crippen molar-refractivity contribution in [3.8, 4) is 0 Å². The monoisotopic (exact) mass is 423 g/mol. The topological polar surface area (TPSA) is 94.5 Å². The third kappa shape index (κ3) is 15.7. The van der Waals surface area contributed by atoms with Crippen molar-refractivity contribution in [2.45, 2.75) is 13.8 Å². The molecule has 0 aliphatic rings. The number of nitrogens with zero attached hydrogens (tertiary/aromatic N) is 1. The molecule has 128 valence electrons. The molecular weight excluding hydrogens is 398 g/mol. The molecular formula is C11H25K2NO7P2. The average Bonchev–Trinajstić information content (AvgIpc) is 2.36. The van der Waals surface area contributed by atoms with E-state index in [2.05, 4.69) is 22.0 Å². The summed E-state index contributed by atoms with van der Waals surface area (Å²) in [4.78, 5) is 11.1. The van der Waals surface area contributed by atoms with Gasteiger partial charge in [-0.05, 0) is 13.8 Å². The fourth-order valence-electron chi connectivity index (χ4n) is 1.25. The van der Waals surface area contributed by atoms with Gasteiger partial charge >= 0.3 is 118 Å². The molecule has 0 aliphatic heterocycles. The van der Waals surface area contributed by atoms with Gasteiger partial charge in [0, 0.05) is 13.1 Å². The fourth-order valence-corrected chi connectivity index (χ4v) is 3.85. The van der Waals surface area contributed by atoms with Crippen LogP contribution in [0.15, 0.2) is 25.3 Å². The number of rotatable bonds is 13. The Morgan fingerprint density at radius 2 is 1.48 bits per heavy atom. The van der Waals surface area contributed by atoms with E-state index >= 15 is 0 Å². The van der Waals surface area contributed by atoms with Crippen LogP contribution in [-0.2, 0) is 27.0 Å². The molecule has 23 heavy (non-hydrogen) atoms. The van der Waals surface area contributed by atoms with Crippen LogP contribution in [0.5, 0.6) is 0 Å². The Balaban J connectivity index is -0.00000200. The van der Waals surface area contributed by atoms with Crippen LogP contribution >= 0.6 is 15.6 Å². The summed E-state index contributed by atoms with van der Waals surface area (Å²) in [5, 5.41) is 0. The molecule has 0 bridgehead atoms. The zero-order chi connectivity index (χ0) is 16.4. The zero-order valence-corrected chi connectivity index (χ0v) is 14.1. The van der Waals surface area contributed by atoms with E-state index in [4.69, 9.17) is 9.05 Å². The van der Waals surface area contributed by atoms with Crippen LogP contribution in [0.4, 0.5) is 0 Å². The maximum atomic E-state index is 12.3. The first-order chi connectivity index (χ1) is 9.82. The van der Waals surface area contributed by atoms with Gasteiger partial charge in [0.1, 0.15) is 6.73 Å². The predicted octanol–water partition coefficient (Wildman–Crippen LogP) is 1.64. The second-order valence-electron chi connectivity index (χ2n) is 3.70. The van der Waals surface area contributed by atoms with Gasteiger partial charge in [-0.1, -0.05) is 12.2 Å². The molecule has 8 nitrogen and oxygen atoms in total. The molecule has 0 radical (unpaired) electrons. The van der Waals surface area contributed by atoms with E-state index < -0.39 is 15.6 Å². The van der Waals surface area contributed by atoms with Gasteiger partial charge in [-0.2, -0.15) is 4.31 Å². The van der Waals surface area contributed by atoms with E-state index in [1.54, 1.807) is 24.0 Å². The van der Waals surface area contributed by atoms with Crippen molar-refractivity contribution in [3.05, 3.63) is 25.3 Å². The van der Waals surface area contributed by atoms with Crippen molar-refractivity contribution >= 4 is 118 Å². The van der Waals surface area contributed by atoms with Crippen LogP contribution in [0.3, 0.4) is 0 Å². The number of phosphoric acid groups is 2. The second-order valence-corrected chi connectivity index (χ2v) is 6.96. The molecule has 0 aromatic rings. The number of hydrogen-bond acceptors (Lipinski definition) is 7.